The monoisotopic (exact) mass is 603 g/mol. The molecule has 0 aromatic heterocycles. The average molecular weight is 604 g/mol. The number of carbonyl (C=O) groups excluding carboxylic acids is 1. The Balaban J connectivity index is 1.49. The number of para-hydroxylation sites is 2. The normalized spacial score (nSPS) is 15.7. The lowest BCUT2D eigenvalue weighted by molar-refractivity contribution is -0.137. The zero-order valence-electron chi connectivity index (χ0n) is 20.1. The van der Waals surface area contributed by atoms with Gasteiger partial charge in [0, 0.05) is 11.4 Å². The third-order valence-corrected chi connectivity index (χ3v) is 9.16. The van der Waals surface area contributed by atoms with E-state index in [1.54, 1.807) is 18.2 Å². The van der Waals surface area contributed by atoms with Crippen molar-refractivity contribution < 1.29 is 39.5 Å². The first kappa shape index (κ1) is 28.5. The molecule has 1 amide bonds. The van der Waals surface area contributed by atoms with Crippen LogP contribution in [-0.2, 0) is 31.0 Å². The second kappa shape index (κ2) is 10.6. The number of sulfonamides is 2. The van der Waals surface area contributed by atoms with Crippen molar-refractivity contribution in [3.05, 3.63) is 77.3 Å². The van der Waals surface area contributed by atoms with Crippen LogP contribution in [0.25, 0.3) is 0 Å². The van der Waals surface area contributed by atoms with Gasteiger partial charge in [0.25, 0.3) is 15.9 Å². The van der Waals surface area contributed by atoms with Gasteiger partial charge in [-0.15, -0.1) is 0 Å². The number of hydrogen-bond donors (Lipinski definition) is 2. The molecule has 15 heteroatoms. The molecule has 39 heavy (non-hydrogen) atoms. The van der Waals surface area contributed by atoms with Gasteiger partial charge in [0.05, 0.1) is 33.5 Å². The van der Waals surface area contributed by atoms with Crippen LogP contribution in [0.3, 0.4) is 0 Å². The molecule has 0 spiro atoms. The van der Waals surface area contributed by atoms with Gasteiger partial charge in [0.15, 0.2) is 6.10 Å². The van der Waals surface area contributed by atoms with Crippen molar-refractivity contribution in [3.8, 4) is 5.75 Å². The summed E-state index contributed by atoms with van der Waals surface area (Å²) in [7, 11) is -7.99. The van der Waals surface area contributed by atoms with E-state index in [4.69, 9.17) is 16.3 Å². The highest BCUT2D eigenvalue weighted by molar-refractivity contribution is 7.93. The summed E-state index contributed by atoms with van der Waals surface area (Å²) in [6.07, 6.45) is -5.97. The Morgan fingerprint density at radius 3 is 2.31 bits per heavy atom. The number of carbonyl (C=O) groups is 1. The summed E-state index contributed by atoms with van der Waals surface area (Å²) in [6, 6.07) is 13.8. The Hall–Kier alpha value is -3.49. The molecule has 0 saturated carbocycles. The Bertz CT molecular complexity index is 1610. The molecule has 3 aromatic carbocycles. The van der Waals surface area contributed by atoms with Crippen molar-refractivity contribution in [3.63, 3.8) is 0 Å². The third-order valence-electron chi connectivity index (χ3n) is 5.68. The molecule has 0 fully saturated rings. The molecule has 1 atom stereocenters. The summed E-state index contributed by atoms with van der Waals surface area (Å²) in [5, 5.41) is 1.97. The smallest absolute Gasteiger partial charge is 0.417 e. The molecule has 1 unspecified atom stereocenters. The van der Waals surface area contributed by atoms with Crippen LogP contribution in [0.4, 0.5) is 30.2 Å². The highest BCUT2D eigenvalue weighted by Crippen LogP contribution is 2.37. The van der Waals surface area contributed by atoms with Gasteiger partial charge >= 0.3 is 6.18 Å². The highest BCUT2D eigenvalue weighted by Gasteiger charge is 2.36. The summed E-state index contributed by atoms with van der Waals surface area (Å²) < 4.78 is 98.8. The predicted octanol–water partition coefficient (Wildman–Crippen LogP) is 4.72. The average Bonchev–Trinajstić information content (AvgIpc) is 2.88. The zero-order chi connectivity index (χ0) is 28.6. The molecule has 208 valence electrons. The van der Waals surface area contributed by atoms with Crippen molar-refractivity contribution in [2.75, 3.05) is 26.6 Å². The summed E-state index contributed by atoms with van der Waals surface area (Å²) in [4.78, 5) is 12.6. The Kier molecular flexibility index (Phi) is 7.74. The van der Waals surface area contributed by atoms with E-state index >= 15 is 0 Å². The number of nitrogens with zero attached hydrogens (tertiary/aromatic N) is 1. The van der Waals surface area contributed by atoms with Crippen LogP contribution in [-0.4, -0.2) is 41.1 Å². The largest absolute Gasteiger partial charge is 0.476 e. The predicted molar refractivity (Wildman–Crippen MR) is 140 cm³/mol. The minimum Gasteiger partial charge on any atom is -0.476 e. The summed E-state index contributed by atoms with van der Waals surface area (Å²) in [5.41, 5.74) is -1.05. The standard InChI is InChI=1S/C24H21ClF3N3O6S2/c1-2-38(33,34)31-14-22(37-21-6-4-3-5-20(21)31)23(32)29-15-7-10-17(11-8-15)39(35,36)30-16-9-12-19(25)18(13-16)24(26,27)28/h3-13,22,30H,2,14H2,1H3,(H,29,32). The van der Waals surface area contributed by atoms with Gasteiger partial charge in [-0.05, 0) is 61.5 Å². The van der Waals surface area contributed by atoms with Crippen LogP contribution in [0.5, 0.6) is 5.75 Å². The zero-order valence-corrected chi connectivity index (χ0v) is 22.5. The minimum absolute atomic E-state index is 0.178. The maximum atomic E-state index is 13.1. The lowest BCUT2D eigenvalue weighted by Gasteiger charge is -2.34. The quantitative estimate of drug-likeness (QED) is 0.403. The van der Waals surface area contributed by atoms with Gasteiger partial charge in [-0.25, -0.2) is 16.8 Å². The number of nitrogens with one attached hydrogen (secondary N) is 2. The number of benzene rings is 3. The van der Waals surface area contributed by atoms with Crippen LogP contribution >= 0.6 is 11.6 Å². The van der Waals surface area contributed by atoms with Crippen LogP contribution in [0, 0.1) is 0 Å². The van der Waals surface area contributed by atoms with Crippen LogP contribution in [0.15, 0.2) is 71.6 Å². The van der Waals surface area contributed by atoms with Crippen LogP contribution < -0.4 is 19.1 Å². The molecular weight excluding hydrogens is 583 g/mol. The van der Waals surface area contributed by atoms with Crippen LogP contribution in [0.2, 0.25) is 5.02 Å². The molecule has 1 aliphatic heterocycles. The van der Waals surface area contributed by atoms with Gasteiger partial charge in [-0.3, -0.25) is 13.8 Å². The van der Waals surface area contributed by atoms with Gasteiger partial charge in [0.1, 0.15) is 5.75 Å². The lowest BCUT2D eigenvalue weighted by atomic mass is 10.2. The molecule has 0 bridgehead atoms. The van der Waals surface area contributed by atoms with Crippen molar-refractivity contribution in [2.45, 2.75) is 24.1 Å². The van der Waals surface area contributed by atoms with Gasteiger partial charge in [-0.1, -0.05) is 23.7 Å². The van der Waals surface area contributed by atoms with E-state index in [0.717, 1.165) is 28.6 Å². The van der Waals surface area contributed by atoms with Crippen molar-refractivity contribution >= 4 is 54.6 Å². The van der Waals surface area contributed by atoms with Crippen molar-refractivity contribution in [2.24, 2.45) is 0 Å². The number of anilines is 3. The molecule has 1 aliphatic rings. The number of rotatable bonds is 7. The molecule has 9 nitrogen and oxygen atoms in total. The number of amides is 1. The lowest BCUT2D eigenvalue weighted by Crippen LogP contribution is -2.49. The number of alkyl halides is 3. The first-order valence-corrected chi connectivity index (χ1v) is 14.7. The summed E-state index contributed by atoms with van der Waals surface area (Å²) in [5.74, 6) is -0.646. The second-order valence-electron chi connectivity index (χ2n) is 8.32. The molecule has 2 N–H and O–H groups in total. The van der Waals surface area contributed by atoms with Gasteiger partial charge in [0.2, 0.25) is 10.0 Å². The third kappa shape index (κ3) is 6.23. The maximum absolute atomic E-state index is 13.1. The van der Waals surface area contributed by atoms with Crippen molar-refractivity contribution in [1.29, 1.82) is 0 Å². The highest BCUT2D eigenvalue weighted by atomic mass is 35.5. The van der Waals surface area contributed by atoms with Gasteiger partial charge < -0.3 is 10.1 Å². The fourth-order valence-electron chi connectivity index (χ4n) is 3.72. The first-order chi connectivity index (χ1) is 18.2. The van der Waals surface area contributed by atoms with E-state index in [1.165, 1.54) is 25.1 Å². The SMILES string of the molecule is CCS(=O)(=O)N1CC(C(=O)Nc2ccc(S(=O)(=O)Nc3ccc(Cl)c(C(F)(F)F)c3)cc2)Oc2ccccc21. The Morgan fingerprint density at radius 2 is 1.67 bits per heavy atom. The van der Waals surface area contributed by atoms with E-state index in [9.17, 15) is 34.8 Å². The maximum Gasteiger partial charge on any atom is 0.417 e. The van der Waals surface area contributed by atoms with Crippen LogP contribution in [0.1, 0.15) is 12.5 Å². The Morgan fingerprint density at radius 1 is 1.03 bits per heavy atom. The number of fused-ring (bicyclic) bond motifs is 1. The molecule has 3 aromatic rings. The molecule has 0 saturated heterocycles. The molecular formula is C24H21ClF3N3O6S2. The van der Waals surface area contributed by atoms with E-state index in [2.05, 4.69) is 10.0 Å². The van der Waals surface area contributed by atoms with E-state index in [0.29, 0.717) is 11.8 Å². The topological polar surface area (TPSA) is 122 Å². The number of hydrogen-bond acceptors (Lipinski definition) is 6. The van der Waals surface area contributed by atoms with Crippen molar-refractivity contribution in [1.82, 2.24) is 0 Å². The minimum atomic E-state index is -4.78. The molecule has 1 heterocycles. The summed E-state index contributed by atoms with van der Waals surface area (Å²) >= 11 is 5.57. The summed E-state index contributed by atoms with van der Waals surface area (Å²) in [6.45, 7) is 1.21. The molecule has 4 rings (SSSR count). The molecule has 0 radical (unpaired) electrons. The van der Waals surface area contributed by atoms with E-state index in [1.807, 2.05) is 0 Å². The van der Waals surface area contributed by atoms with E-state index in [-0.39, 0.29) is 34.3 Å². The second-order valence-corrected chi connectivity index (χ2v) is 12.6. The molecule has 0 aliphatic carbocycles. The van der Waals surface area contributed by atoms with E-state index < -0.39 is 48.8 Å². The number of halogens is 4. The number of ether oxygens (including phenoxy) is 1. The fraction of sp³-hybridized carbons (Fsp3) is 0.208. The first-order valence-electron chi connectivity index (χ1n) is 11.3. The fourth-order valence-corrected chi connectivity index (χ4v) is 6.12. The Labute approximate surface area is 227 Å². The van der Waals surface area contributed by atoms with Gasteiger partial charge in [-0.2, -0.15) is 13.2 Å².